The van der Waals surface area contributed by atoms with Crippen LogP contribution >= 0.6 is 0 Å². The van der Waals surface area contributed by atoms with E-state index in [4.69, 9.17) is 0 Å². The van der Waals surface area contributed by atoms with Crippen molar-refractivity contribution in [3.05, 3.63) is 29.6 Å². The quantitative estimate of drug-likeness (QED) is 0.864. The summed E-state index contributed by atoms with van der Waals surface area (Å²) in [5, 5.41) is 5.97. The Morgan fingerprint density at radius 2 is 2.16 bits per heavy atom. The summed E-state index contributed by atoms with van der Waals surface area (Å²) < 4.78 is 14.1. The Labute approximate surface area is 113 Å². The molecule has 1 aromatic rings. The first-order valence-corrected chi connectivity index (χ1v) is 6.75. The summed E-state index contributed by atoms with van der Waals surface area (Å²) >= 11 is 0. The number of halogens is 1. The van der Waals surface area contributed by atoms with Gasteiger partial charge >= 0.3 is 0 Å². The predicted molar refractivity (Wildman–Crippen MR) is 74.1 cm³/mol. The predicted octanol–water partition coefficient (Wildman–Crippen LogP) is 1.38. The number of nitrogens with one attached hydrogen (secondary N) is 2. The first-order valence-electron chi connectivity index (χ1n) is 6.75. The summed E-state index contributed by atoms with van der Waals surface area (Å²) in [4.78, 5) is 13.7. The summed E-state index contributed by atoms with van der Waals surface area (Å²) in [7, 11) is 0. The van der Waals surface area contributed by atoms with Crippen molar-refractivity contribution in [1.29, 1.82) is 0 Å². The third-order valence-corrected chi connectivity index (χ3v) is 3.20. The van der Waals surface area contributed by atoms with Crippen LogP contribution < -0.4 is 15.5 Å². The Hall–Kier alpha value is -1.62. The minimum Gasteiger partial charge on any atom is -0.367 e. The van der Waals surface area contributed by atoms with Gasteiger partial charge in [-0.2, -0.15) is 0 Å². The zero-order chi connectivity index (χ0) is 13.7. The molecule has 1 saturated heterocycles. The lowest BCUT2D eigenvalue weighted by Gasteiger charge is -2.29. The third kappa shape index (κ3) is 3.44. The normalized spacial score (nSPS) is 15.4. The molecule has 1 heterocycles. The van der Waals surface area contributed by atoms with E-state index in [1.807, 2.05) is 11.8 Å². The molecule has 1 aromatic carbocycles. The second-order valence-corrected chi connectivity index (χ2v) is 4.66. The van der Waals surface area contributed by atoms with Crippen molar-refractivity contribution in [1.82, 2.24) is 10.6 Å². The minimum atomic E-state index is -0.328. The molecule has 0 atom stereocenters. The topological polar surface area (TPSA) is 44.4 Å². The van der Waals surface area contributed by atoms with Crippen LogP contribution in [0, 0.1) is 5.82 Å². The van der Waals surface area contributed by atoms with Gasteiger partial charge in [0.05, 0.1) is 5.69 Å². The Morgan fingerprint density at radius 3 is 2.79 bits per heavy atom. The highest BCUT2D eigenvalue weighted by molar-refractivity contribution is 5.94. The van der Waals surface area contributed by atoms with Crippen molar-refractivity contribution >= 4 is 11.6 Å². The van der Waals surface area contributed by atoms with Crippen molar-refractivity contribution in [3.63, 3.8) is 0 Å². The van der Waals surface area contributed by atoms with Crippen LogP contribution in [0.5, 0.6) is 0 Å². The average molecular weight is 265 g/mol. The van der Waals surface area contributed by atoms with Crippen LogP contribution in [0.15, 0.2) is 18.2 Å². The second kappa shape index (κ2) is 6.52. The van der Waals surface area contributed by atoms with E-state index < -0.39 is 0 Å². The standard InChI is InChI=1S/C14H20FN3O/c1-2-5-17-14(19)11-3-4-13(12(15)10-11)18-8-6-16-7-9-18/h3-4,10,16H,2,5-9H2,1H3,(H,17,19). The van der Waals surface area contributed by atoms with Crippen LogP contribution in [0.3, 0.4) is 0 Å². The minimum absolute atomic E-state index is 0.215. The van der Waals surface area contributed by atoms with Crippen LogP contribution in [0.25, 0.3) is 0 Å². The summed E-state index contributed by atoms with van der Waals surface area (Å²) in [6, 6.07) is 4.70. The molecule has 0 bridgehead atoms. The van der Waals surface area contributed by atoms with E-state index in [0.717, 1.165) is 32.6 Å². The highest BCUT2D eigenvalue weighted by atomic mass is 19.1. The van der Waals surface area contributed by atoms with E-state index in [-0.39, 0.29) is 11.7 Å². The van der Waals surface area contributed by atoms with Crippen LogP contribution in [-0.4, -0.2) is 38.6 Å². The molecule has 0 aliphatic carbocycles. The maximum atomic E-state index is 14.1. The van der Waals surface area contributed by atoms with Crippen molar-refractivity contribution < 1.29 is 9.18 Å². The number of carbonyl (C=O) groups excluding carboxylic acids is 1. The first kappa shape index (κ1) is 13.8. The van der Waals surface area contributed by atoms with Crippen molar-refractivity contribution in [2.24, 2.45) is 0 Å². The fourth-order valence-electron chi connectivity index (χ4n) is 2.15. The van der Waals surface area contributed by atoms with E-state index in [2.05, 4.69) is 10.6 Å². The molecule has 2 rings (SSSR count). The molecule has 0 radical (unpaired) electrons. The summed E-state index contributed by atoms with van der Waals surface area (Å²) in [6.07, 6.45) is 0.868. The zero-order valence-electron chi connectivity index (χ0n) is 11.2. The molecule has 5 heteroatoms. The summed E-state index contributed by atoms with van der Waals surface area (Å²) in [6.45, 7) is 5.89. The lowest BCUT2D eigenvalue weighted by Crippen LogP contribution is -2.43. The van der Waals surface area contributed by atoms with E-state index in [1.165, 1.54) is 6.07 Å². The number of hydrogen-bond acceptors (Lipinski definition) is 3. The monoisotopic (exact) mass is 265 g/mol. The van der Waals surface area contributed by atoms with Gasteiger partial charge in [0.25, 0.3) is 5.91 Å². The first-order chi connectivity index (χ1) is 9.22. The van der Waals surface area contributed by atoms with E-state index >= 15 is 0 Å². The number of rotatable bonds is 4. The van der Waals surface area contributed by atoms with Crippen molar-refractivity contribution in [3.8, 4) is 0 Å². The van der Waals surface area contributed by atoms with E-state index in [0.29, 0.717) is 17.8 Å². The number of hydrogen-bond donors (Lipinski definition) is 2. The molecule has 2 N–H and O–H groups in total. The van der Waals surface area contributed by atoms with Gasteiger partial charge in [-0.15, -0.1) is 0 Å². The molecule has 0 spiro atoms. The van der Waals surface area contributed by atoms with Gasteiger partial charge in [0.1, 0.15) is 5.82 Å². The van der Waals surface area contributed by atoms with Crippen molar-refractivity contribution in [2.75, 3.05) is 37.6 Å². The zero-order valence-corrected chi connectivity index (χ0v) is 11.2. The number of nitrogens with zero attached hydrogens (tertiary/aromatic N) is 1. The highest BCUT2D eigenvalue weighted by Crippen LogP contribution is 2.21. The molecular formula is C14H20FN3O. The molecule has 19 heavy (non-hydrogen) atoms. The Kier molecular flexibility index (Phi) is 4.74. The molecule has 1 aliphatic heterocycles. The molecule has 4 nitrogen and oxygen atoms in total. The fraction of sp³-hybridized carbons (Fsp3) is 0.500. The number of piperazine rings is 1. The molecule has 104 valence electrons. The third-order valence-electron chi connectivity index (χ3n) is 3.20. The van der Waals surface area contributed by atoms with Gasteiger partial charge < -0.3 is 15.5 Å². The Balaban J connectivity index is 2.10. The lowest BCUT2D eigenvalue weighted by molar-refractivity contribution is 0.0953. The van der Waals surface area contributed by atoms with Crippen molar-refractivity contribution in [2.45, 2.75) is 13.3 Å². The second-order valence-electron chi connectivity index (χ2n) is 4.66. The van der Waals surface area contributed by atoms with Gasteiger partial charge in [-0.25, -0.2) is 4.39 Å². The van der Waals surface area contributed by atoms with Crippen LogP contribution in [0.1, 0.15) is 23.7 Å². The van der Waals surface area contributed by atoms with Gasteiger partial charge in [0.15, 0.2) is 0 Å². The number of carbonyl (C=O) groups is 1. The van der Waals surface area contributed by atoms with Gasteiger partial charge in [-0.05, 0) is 24.6 Å². The molecule has 1 amide bonds. The highest BCUT2D eigenvalue weighted by Gasteiger charge is 2.16. The fourth-order valence-corrected chi connectivity index (χ4v) is 2.15. The largest absolute Gasteiger partial charge is 0.367 e. The van der Waals surface area contributed by atoms with Crippen LogP contribution in [0.4, 0.5) is 10.1 Å². The van der Waals surface area contributed by atoms with E-state index in [9.17, 15) is 9.18 Å². The number of anilines is 1. The molecular weight excluding hydrogens is 245 g/mol. The Bertz CT molecular complexity index is 444. The summed E-state index contributed by atoms with van der Waals surface area (Å²) in [5.74, 6) is -0.543. The molecule has 1 aliphatic rings. The Morgan fingerprint density at radius 1 is 1.42 bits per heavy atom. The van der Waals surface area contributed by atoms with Gasteiger partial charge in [0, 0.05) is 38.3 Å². The number of benzene rings is 1. The van der Waals surface area contributed by atoms with Gasteiger partial charge in [-0.1, -0.05) is 6.92 Å². The van der Waals surface area contributed by atoms with Gasteiger partial charge in [0.2, 0.25) is 0 Å². The maximum Gasteiger partial charge on any atom is 0.251 e. The lowest BCUT2D eigenvalue weighted by atomic mass is 10.1. The molecule has 0 unspecified atom stereocenters. The molecule has 1 fully saturated rings. The number of amides is 1. The summed E-state index contributed by atoms with van der Waals surface area (Å²) in [5.41, 5.74) is 0.957. The smallest absolute Gasteiger partial charge is 0.251 e. The van der Waals surface area contributed by atoms with E-state index in [1.54, 1.807) is 12.1 Å². The maximum absolute atomic E-state index is 14.1. The molecule has 0 saturated carbocycles. The SMILES string of the molecule is CCCNC(=O)c1ccc(N2CCNCC2)c(F)c1. The van der Waals surface area contributed by atoms with Gasteiger partial charge in [-0.3, -0.25) is 4.79 Å². The van der Waals surface area contributed by atoms with Crippen LogP contribution in [-0.2, 0) is 0 Å². The van der Waals surface area contributed by atoms with Crippen LogP contribution in [0.2, 0.25) is 0 Å². The molecule has 0 aromatic heterocycles. The average Bonchev–Trinajstić information content (AvgIpc) is 2.45.